The van der Waals surface area contributed by atoms with Gasteiger partial charge in [-0.15, -0.1) is 0 Å². The maximum atomic E-state index is 12.9. The number of ether oxygens (including phenoxy) is 1. The second-order valence-corrected chi connectivity index (χ2v) is 12.8. The van der Waals surface area contributed by atoms with Gasteiger partial charge >= 0.3 is 0 Å². The molecule has 210 valence electrons. The van der Waals surface area contributed by atoms with E-state index in [-0.39, 0.29) is 36.3 Å². The number of carbonyl (C=O) groups excluding carboxylic acids is 1. The summed E-state index contributed by atoms with van der Waals surface area (Å²) in [6, 6.07) is 5.70. The van der Waals surface area contributed by atoms with E-state index in [2.05, 4.69) is 15.3 Å². The quantitative estimate of drug-likeness (QED) is 0.381. The third-order valence-electron chi connectivity index (χ3n) is 7.52. The van der Waals surface area contributed by atoms with E-state index in [9.17, 15) is 18.3 Å². The van der Waals surface area contributed by atoms with E-state index in [1.54, 1.807) is 12.4 Å². The Morgan fingerprint density at radius 3 is 2.64 bits per heavy atom. The first-order valence-electron chi connectivity index (χ1n) is 13.6. The number of aliphatic hydroxyl groups is 1. The van der Waals surface area contributed by atoms with Gasteiger partial charge in [0.05, 0.1) is 36.0 Å². The Hall–Kier alpha value is -3.25. The minimum atomic E-state index is -3.03. The van der Waals surface area contributed by atoms with Gasteiger partial charge in [-0.25, -0.2) is 23.4 Å². The van der Waals surface area contributed by atoms with Crippen molar-refractivity contribution in [2.45, 2.75) is 57.1 Å². The van der Waals surface area contributed by atoms with Gasteiger partial charge in [-0.1, -0.05) is 0 Å². The number of nitrogens with zero attached hydrogens (tertiary/aromatic N) is 5. The van der Waals surface area contributed by atoms with Crippen LogP contribution in [0.1, 0.15) is 44.9 Å². The number of likely N-dealkylation sites (tertiary alicyclic amines) is 1. The molecule has 39 heavy (non-hydrogen) atoms. The number of imidazole rings is 1. The van der Waals surface area contributed by atoms with Gasteiger partial charge in [-0.05, 0) is 63.1 Å². The number of sulfone groups is 1. The van der Waals surface area contributed by atoms with Crippen molar-refractivity contribution in [2.75, 3.05) is 37.0 Å². The molecule has 0 bridgehead atoms. The second-order valence-electron chi connectivity index (χ2n) is 10.6. The van der Waals surface area contributed by atoms with Gasteiger partial charge in [-0.3, -0.25) is 9.20 Å². The fourth-order valence-corrected chi connectivity index (χ4v) is 6.02. The molecule has 1 amide bonds. The first kappa shape index (κ1) is 27.3. The average molecular weight is 557 g/mol. The molecule has 1 saturated heterocycles. The van der Waals surface area contributed by atoms with E-state index in [0.717, 1.165) is 31.4 Å². The van der Waals surface area contributed by atoms with Gasteiger partial charge < -0.3 is 20.1 Å². The highest BCUT2D eigenvalue weighted by Crippen LogP contribution is 2.29. The van der Waals surface area contributed by atoms with Crippen LogP contribution in [-0.4, -0.2) is 87.5 Å². The molecule has 3 aromatic heterocycles. The van der Waals surface area contributed by atoms with Crippen molar-refractivity contribution in [3.05, 3.63) is 36.8 Å². The molecule has 0 spiro atoms. The van der Waals surface area contributed by atoms with Crippen LogP contribution in [0.5, 0.6) is 5.75 Å². The summed E-state index contributed by atoms with van der Waals surface area (Å²) in [6.07, 6.45) is 11.4. The predicted octanol–water partition coefficient (Wildman–Crippen LogP) is 2.56. The Labute approximate surface area is 228 Å². The van der Waals surface area contributed by atoms with E-state index < -0.39 is 9.84 Å². The lowest BCUT2D eigenvalue weighted by molar-refractivity contribution is -0.138. The summed E-state index contributed by atoms with van der Waals surface area (Å²) in [5.41, 5.74) is 2.13. The highest BCUT2D eigenvalue weighted by atomic mass is 32.2. The number of hydrogen-bond donors (Lipinski definition) is 2. The molecule has 0 unspecified atom stereocenters. The normalized spacial score (nSPS) is 20.7. The van der Waals surface area contributed by atoms with Crippen LogP contribution in [0.3, 0.4) is 0 Å². The molecular weight excluding hydrogens is 520 g/mol. The number of rotatable bonds is 9. The van der Waals surface area contributed by atoms with Crippen LogP contribution in [0.4, 0.5) is 5.95 Å². The topological polar surface area (TPSA) is 139 Å². The Morgan fingerprint density at radius 1 is 1.13 bits per heavy atom. The highest BCUT2D eigenvalue weighted by molar-refractivity contribution is 7.90. The van der Waals surface area contributed by atoms with Crippen LogP contribution >= 0.6 is 0 Å². The van der Waals surface area contributed by atoms with Crippen molar-refractivity contribution in [3.63, 3.8) is 0 Å². The fourth-order valence-electron chi connectivity index (χ4n) is 5.37. The van der Waals surface area contributed by atoms with Crippen LogP contribution in [0.25, 0.3) is 17.0 Å². The molecule has 2 N–H and O–H groups in total. The molecule has 11 nitrogen and oxygen atoms in total. The number of nitrogens with one attached hydrogen (secondary N) is 1. The van der Waals surface area contributed by atoms with Crippen LogP contribution in [0.2, 0.25) is 0 Å². The maximum Gasteiger partial charge on any atom is 0.225 e. The first-order chi connectivity index (χ1) is 18.8. The molecule has 1 saturated carbocycles. The van der Waals surface area contributed by atoms with Crippen LogP contribution in [0.15, 0.2) is 36.8 Å². The van der Waals surface area contributed by atoms with Crippen LogP contribution in [-0.2, 0) is 14.6 Å². The number of carbonyl (C=O) groups is 1. The van der Waals surface area contributed by atoms with Gasteiger partial charge in [0.1, 0.15) is 9.84 Å². The standard InChI is InChI=1S/C27H36N6O5S/c1-39(36,37)17-3-16-38-24-4-2-13-33-23(18-29-25(24)33)22-9-12-28-27(31-22)30-20-7-5-19(6-8-20)26(35)32-14-10-21(34)11-15-32/h2,4,9,12-13,18-21,34H,3,5-8,10-11,14-17H2,1H3,(H,28,30,31). The molecule has 2 aliphatic rings. The molecule has 0 radical (unpaired) electrons. The van der Waals surface area contributed by atoms with E-state index >= 15 is 0 Å². The lowest BCUT2D eigenvalue weighted by Crippen LogP contribution is -2.44. The predicted molar refractivity (Wildman–Crippen MR) is 147 cm³/mol. The van der Waals surface area contributed by atoms with Crippen LogP contribution in [0, 0.1) is 5.92 Å². The van der Waals surface area contributed by atoms with E-state index in [0.29, 0.717) is 55.4 Å². The molecule has 2 fully saturated rings. The monoisotopic (exact) mass is 556 g/mol. The minimum absolute atomic E-state index is 0.0477. The zero-order valence-corrected chi connectivity index (χ0v) is 23.0. The number of aromatic nitrogens is 4. The summed E-state index contributed by atoms with van der Waals surface area (Å²) in [6.45, 7) is 1.59. The van der Waals surface area contributed by atoms with Crippen molar-refractivity contribution in [2.24, 2.45) is 5.92 Å². The fraction of sp³-hybridized carbons (Fsp3) is 0.556. The zero-order chi connectivity index (χ0) is 27.4. The molecule has 0 atom stereocenters. The van der Waals surface area contributed by atoms with Gasteiger partial charge in [0.15, 0.2) is 11.4 Å². The molecule has 0 aromatic carbocycles. The molecule has 1 aliphatic heterocycles. The average Bonchev–Trinajstić information content (AvgIpc) is 3.36. The van der Waals surface area contributed by atoms with Crippen molar-refractivity contribution in [1.82, 2.24) is 24.3 Å². The molecule has 1 aliphatic carbocycles. The van der Waals surface area contributed by atoms with Gasteiger partial charge in [0.25, 0.3) is 0 Å². The molecule has 3 aromatic rings. The Morgan fingerprint density at radius 2 is 1.90 bits per heavy atom. The van der Waals surface area contributed by atoms with E-state index in [1.807, 2.05) is 33.7 Å². The highest BCUT2D eigenvalue weighted by Gasteiger charge is 2.31. The Bertz CT molecular complexity index is 1390. The van der Waals surface area contributed by atoms with Crippen molar-refractivity contribution in [1.29, 1.82) is 0 Å². The zero-order valence-electron chi connectivity index (χ0n) is 22.2. The van der Waals surface area contributed by atoms with Gasteiger partial charge in [0.2, 0.25) is 11.9 Å². The number of amides is 1. The molecule has 4 heterocycles. The van der Waals surface area contributed by atoms with Crippen LogP contribution < -0.4 is 10.1 Å². The SMILES string of the molecule is CS(=O)(=O)CCCOc1cccn2c(-c3ccnc(NC4CCC(C(=O)N5CCC(O)CC5)CC4)n3)cnc12. The number of piperidine rings is 1. The van der Waals surface area contributed by atoms with E-state index in [4.69, 9.17) is 9.72 Å². The van der Waals surface area contributed by atoms with Gasteiger partial charge in [0, 0.05) is 43.7 Å². The van der Waals surface area contributed by atoms with Gasteiger partial charge in [-0.2, -0.15) is 0 Å². The maximum absolute atomic E-state index is 12.9. The smallest absolute Gasteiger partial charge is 0.225 e. The summed E-state index contributed by atoms with van der Waals surface area (Å²) in [5, 5.41) is 13.2. The Balaban J connectivity index is 1.19. The summed E-state index contributed by atoms with van der Waals surface area (Å²) < 4.78 is 30.5. The number of hydrogen-bond acceptors (Lipinski definition) is 9. The summed E-state index contributed by atoms with van der Waals surface area (Å²) >= 11 is 0. The molecular formula is C27H36N6O5S. The summed E-state index contributed by atoms with van der Waals surface area (Å²) in [7, 11) is -3.03. The molecule has 5 rings (SSSR count). The summed E-state index contributed by atoms with van der Waals surface area (Å²) in [5.74, 6) is 1.47. The lowest BCUT2D eigenvalue weighted by atomic mass is 9.85. The molecule has 12 heteroatoms. The third-order valence-corrected chi connectivity index (χ3v) is 8.55. The van der Waals surface area contributed by atoms with Crippen molar-refractivity contribution in [3.8, 4) is 17.1 Å². The summed E-state index contributed by atoms with van der Waals surface area (Å²) in [4.78, 5) is 28.5. The third kappa shape index (κ3) is 6.85. The number of pyridine rings is 1. The number of aliphatic hydroxyl groups excluding tert-OH is 1. The largest absolute Gasteiger partial charge is 0.490 e. The minimum Gasteiger partial charge on any atom is -0.490 e. The number of fused-ring (bicyclic) bond motifs is 1. The lowest BCUT2D eigenvalue weighted by Gasteiger charge is -2.35. The second kappa shape index (κ2) is 11.9. The number of anilines is 1. The van der Waals surface area contributed by atoms with Crippen molar-refractivity contribution < 1.29 is 23.1 Å². The van der Waals surface area contributed by atoms with E-state index in [1.165, 1.54) is 6.26 Å². The Kier molecular flexibility index (Phi) is 8.31. The van der Waals surface area contributed by atoms with Crippen molar-refractivity contribution >= 4 is 27.3 Å². The first-order valence-corrected chi connectivity index (χ1v) is 15.7.